The predicted octanol–water partition coefficient (Wildman–Crippen LogP) is 4.67. The molecule has 0 nitrogen and oxygen atoms in total. The monoisotopic (exact) mass is 241 g/mol. The molecular formula is C13H10Cl2. The van der Waals surface area contributed by atoms with E-state index in [1.807, 2.05) is 0 Å². The van der Waals surface area contributed by atoms with E-state index in [2.05, 4.69) is 0 Å². The first-order chi connectivity index (χ1) is 9.36. The highest BCUT2D eigenvalue weighted by Crippen LogP contribution is 2.32. The second-order valence-corrected chi connectivity index (χ2v) is 3.77. The van der Waals surface area contributed by atoms with E-state index in [-0.39, 0.29) is 17.6 Å². The van der Waals surface area contributed by atoms with Crippen LogP contribution in [-0.4, -0.2) is 0 Å². The van der Waals surface area contributed by atoms with Crippen molar-refractivity contribution in [2.45, 2.75) is 5.38 Å². The summed E-state index contributed by atoms with van der Waals surface area (Å²) in [6, 6.07) is 4.90. The van der Waals surface area contributed by atoms with Crippen molar-refractivity contribution in [1.29, 1.82) is 0 Å². The van der Waals surface area contributed by atoms with Crippen LogP contribution in [0.4, 0.5) is 0 Å². The average molecular weight is 242 g/mol. The molecule has 0 saturated heterocycles. The van der Waals surface area contributed by atoms with Gasteiger partial charge in [-0.2, -0.15) is 0 Å². The van der Waals surface area contributed by atoms with Gasteiger partial charge in [-0.1, -0.05) is 60.0 Å². The van der Waals surface area contributed by atoms with Gasteiger partial charge in [0.05, 0.1) is 12.2 Å². The molecule has 1 unspecified atom stereocenters. The molecule has 0 aliphatic heterocycles. The Kier molecular flexibility index (Phi) is 1.86. The standard InChI is InChI=1S/C13H10Cl2/c14-12-9-5-4-8-11(12)13(15)10-6-2-1-3-7-10/h1-9,13H/i1D,2D,3D,6D,7D. The number of hydrogen-bond acceptors (Lipinski definition) is 0. The summed E-state index contributed by atoms with van der Waals surface area (Å²) >= 11 is 12.3. The summed E-state index contributed by atoms with van der Waals surface area (Å²) < 4.78 is 38.6. The van der Waals surface area contributed by atoms with Gasteiger partial charge < -0.3 is 0 Å². The molecule has 0 aliphatic rings. The highest BCUT2D eigenvalue weighted by Gasteiger charge is 2.12. The zero-order valence-corrected chi connectivity index (χ0v) is 9.15. The maximum atomic E-state index is 7.89. The second-order valence-electron chi connectivity index (χ2n) is 2.92. The molecule has 1 atom stereocenters. The van der Waals surface area contributed by atoms with Gasteiger partial charge in [-0.3, -0.25) is 0 Å². The van der Waals surface area contributed by atoms with Gasteiger partial charge in [0.1, 0.15) is 0 Å². The van der Waals surface area contributed by atoms with Gasteiger partial charge in [0.25, 0.3) is 0 Å². The molecule has 0 spiro atoms. The van der Waals surface area contributed by atoms with E-state index in [0.29, 0.717) is 10.6 Å². The summed E-state index contributed by atoms with van der Waals surface area (Å²) in [4.78, 5) is 0. The van der Waals surface area contributed by atoms with Crippen molar-refractivity contribution < 1.29 is 6.85 Å². The molecule has 2 aromatic carbocycles. The van der Waals surface area contributed by atoms with Crippen LogP contribution in [0.5, 0.6) is 0 Å². The minimum atomic E-state index is -0.905. The molecule has 0 saturated carbocycles. The number of halogens is 2. The number of benzene rings is 2. The molecule has 0 amide bonds. The summed E-state index contributed by atoms with van der Waals surface area (Å²) in [6.45, 7) is 0. The van der Waals surface area contributed by atoms with Crippen molar-refractivity contribution >= 4 is 23.2 Å². The smallest absolute Gasteiger partial charge is 0.0849 e. The largest absolute Gasteiger partial charge is 0.113 e. The summed E-state index contributed by atoms with van der Waals surface area (Å²) in [6.07, 6.45) is 0. The van der Waals surface area contributed by atoms with Gasteiger partial charge >= 0.3 is 0 Å². The Hall–Kier alpha value is -0.980. The van der Waals surface area contributed by atoms with E-state index >= 15 is 0 Å². The minimum Gasteiger partial charge on any atom is -0.113 e. The SMILES string of the molecule is [2H]c1c([2H])c([2H])c(C(Cl)c2ccccc2Cl)c([2H])c1[2H]. The Morgan fingerprint density at radius 1 is 1.07 bits per heavy atom. The molecule has 2 heteroatoms. The molecule has 0 aliphatic carbocycles. The van der Waals surface area contributed by atoms with Crippen LogP contribution in [-0.2, 0) is 0 Å². The van der Waals surface area contributed by atoms with Crippen molar-refractivity contribution in [3.63, 3.8) is 0 Å². The van der Waals surface area contributed by atoms with Crippen LogP contribution >= 0.6 is 23.2 Å². The molecule has 0 fully saturated rings. The Bertz CT molecular complexity index is 643. The predicted molar refractivity (Wildman–Crippen MR) is 65.6 cm³/mol. The van der Waals surface area contributed by atoms with Crippen LogP contribution in [0.15, 0.2) is 54.5 Å². The molecule has 2 aromatic rings. The van der Waals surface area contributed by atoms with E-state index in [1.54, 1.807) is 24.3 Å². The average Bonchev–Trinajstić information content (AvgIpc) is 2.43. The van der Waals surface area contributed by atoms with Gasteiger partial charge in [-0.25, -0.2) is 0 Å². The number of alkyl halides is 1. The van der Waals surface area contributed by atoms with Gasteiger partial charge in [0.2, 0.25) is 0 Å². The van der Waals surface area contributed by atoms with E-state index in [4.69, 9.17) is 30.1 Å². The fourth-order valence-electron chi connectivity index (χ4n) is 1.22. The van der Waals surface area contributed by atoms with Crippen LogP contribution in [0.1, 0.15) is 23.4 Å². The lowest BCUT2D eigenvalue weighted by molar-refractivity contribution is 1.14. The molecule has 0 N–H and O–H groups in total. The van der Waals surface area contributed by atoms with Crippen LogP contribution in [0.25, 0.3) is 0 Å². The quantitative estimate of drug-likeness (QED) is 0.671. The Balaban J connectivity index is 2.68. The lowest BCUT2D eigenvalue weighted by Crippen LogP contribution is -1.93. The van der Waals surface area contributed by atoms with E-state index in [0.717, 1.165) is 0 Å². The first-order valence-corrected chi connectivity index (χ1v) is 5.13. The van der Waals surface area contributed by atoms with Crippen LogP contribution in [0, 0.1) is 0 Å². The summed E-state index contributed by atoms with van der Waals surface area (Å²) in [5, 5.41) is -0.517. The van der Waals surface area contributed by atoms with Crippen molar-refractivity contribution in [3.05, 3.63) is 70.6 Å². The van der Waals surface area contributed by atoms with Gasteiger partial charge in [-0.15, -0.1) is 11.6 Å². The third kappa shape index (κ3) is 2.34. The molecule has 0 aromatic heterocycles. The molecule has 0 heterocycles. The van der Waals surface area contributed by atoms with Gasteiger partial charge in [0.15, 0.2) is 0 Å². The summed E-state index contributed by atoms with van der Waals surface area (Å²) in [5.74, 6) is 0. The third-order valence-electron chi connectivity index (χ3n) is 1.95. The second kappa shape index (κ2) is 4.69. The third-order valence-corrected chi connectivity index (χ3v) is 2.75. The lowest BCUT2D eigenvalue weighted by Gasteiger charge is -2.11. The topological polar surface area (TPSA) is 0 Å². The van der Waals surface area contributed by atoms with Crippen LogP contribution in [0.3, 0.4) is 0 Å². The highest BCUT2D eigenvalue weighted by molar-refractivity contribution is 6.33. The first-order valence-electron chi connectivity index (χ1n) is 6.81. The molecular weight excluding hydrogens is 227 g/mol. The Morgan fingerprint density at radius 3 is 2.40 bits per heavy atom. The Labute approximate surface area is 106 Å². The van der Waals surface area contributed by atoms with E-state index < -0.39 is 23.5 Å². The highest BCUT2D eigenvalue weighted by atomic mass is 35.5. The van der Waals surface area contributed by atoms with Crippen molar-refractivity contribution in [2.75, 3.05) is 0 Å². The minimum absolute atomic E-state index is 0.0331. The zero-order chi connectivity index (χ0) is 15.0. The maximum absolute atomic E-state index is 7.89. The van der Waals surface area contributed by atoms with Crippen LogP contribution in [0.2, 0.25) is 5.02 Å². The normalized spacial score (nSPS) is 17.1. The van der Waals surface area contributed by atoms with Crippen molar-refractivity contribution in [3.8, 4) is 0 Å². The number of hydrogen-bond donors (Lipinski definition) is 0. The first kappa shape index (κ1) is 5.93. The van der Waals surface area contributed by atoms with E-state index in [9.17, 15) is 0 Å². The molecule has 0 bridgehead atoms. The maximum Gasteiger partial charge on any atom is 0.0849 e. The fraction of sp³-hybridized carbons (Fsp3) is 0.0769. The van der Waals surface area contributed by atoms with Gasteiger partial charge in [0, 0.05) is 5.02 Å². The Morgan fingerprint density at radius 2 is 1.73 bits per heavy atom. The molecule has 15 heavy (non-hydrogen) atoms. The molecule has 76 valence electrons. The van der Waals surface area contributed by atoms with Crippen molar-refractivity contribution in [1.82, 2.24) is 0 Å². The number of rotatable bonds is 2. The molecule has 2 rings (SSSR count). The summed E-state index contributed by atoms with van der Waals surface area (Å²) in [7, 11) is 0. The van der Waals surface area contributed by atoms with E-state index in [1.165, 1.54) is 0 Å². The summed E-state index contributed by atoms with van der Waals surface area (Å²) in [5.41, 5.74) is 0.542. The van der Waals surface area contributed by atoms with Crippen molar-refractivity contribution in [2.24, 2.45) is 0 Å². The molecule has 0 radical (unpaired) electrons. The lowest BCUT2D eigenvalue weighted by atomic mass is 10.0. The van der Waals surface area contributed by atoms with Gasteiger partial charge in [-0.05, 0) is 17.2 Å². The van der Waals surface area contributed by atoms with Crippen LogP contribution < -0.4 is 0 Å². The fourth-order valence-corrected chi connectivity index (χ4v) is 1.82. The zero-order valence-electron chi connectivity index (χ0n) is 12.6.